The first-order chi connectivity index (χ1) is 9.10. The molecule has 0 fully saturated rings. The summed E-state index contributed by atoms with van der Waals surface area (Å²) in [6.07, 6.45) is 0. The van der Waals surface area contributed by atoms with E-state index in [1.165, 1.54) is 10.9 Å². The number of benzene rings is 1. The molecule has 1 aromatic carbocycles. The predicted octanol–water partition coefficient (Wildman–Crippen LogP) is 3.47. The van der Waals surface area contributed by atoms with Gasteiger partial charge < -0.3 is 10.2 Å². The Morgan fingerprint density at radius 3 is 2.53 bits per heavy atom. The Kier molecular flexibility index (Phi) is 4.27. The van der Waals surface area contributed by atoms with Gasteiger partial charge in [0.15, 0.2) is 0 Å². The summed E-state index contributed by atoms with van der Waals surface area (Å²) < 4.78 is 5.87. The van der Waals surface area contributed by atoms with Gasteiger partial charge in [-0.05, 0) is 33.4 Å². The molecule has 0 amide bonds. The lowest BCUT2D eigenvalue weighted by Crippen LogP contribution is -2.38. The molecule has 0 aliphatic heterocycles. The van der Waals surface area contributed by atoms with Gasteiger partial charge >= 0.3 is 0 Å². The Bertz CT molecular complexity index is 545. The molecule has 3 nitrogen and oxygen atoms in total. The fraction of sp³-hybridized carbons (Fsp3) is 0.500. The van der Waals surface area contributed by atoms with E-state index in [2.05, 4.69) is 37.8 Å². The third kappa shape index (κ3) is 2.53. The molecular weight excluding hydrogens is 236 g/mol. The maximum Gasteiger partial charge on any atom is 0.134 e. The van der Waals surface area contributed by atoms with Crippen LogP contribution < -0.4 is 5.73 Å². The summed E-state index contributed by atoms with van der Waals surface area (Å²) >= 11 is 0. The van der Waals surface area contributed by atoms with Crippen molar-refractivity contribution < 1.29 is 4.42 Å². The van der Waals surface area contributed by atoms with E-state index in [4.69, 9.17) is 10.2 Å². The normalized spacial score (nSPS) is 13.6. The van der Waals surface area contributed by atoms with Crippen LogP contribution in [-0.2, 0) is 0 Å². The number of hydrogen-bond donors (Lipinski definition) is 1. The maximum atomic E-state index is 6.05. The molecule has 3 heteroatoms. The number of furan rings is 1. The van der Waals surface area contributed by atoms with Crippen LogP contribution in [0, 0.1) is 6.92 Å². The summed E-state index contributed by atoms with van der Waals surface area (Å²) in [6.45, 7) is 10.2. The molecule has 1 unspecified atom stereocenters. The van der Waals surface area contributed by atoms with E-state index in [9.17, 15) is 0 Å². The van der Waals surface area contributed by atoms with E-state index < -0.39 is 0 Å². The van der Waals surface area contributed by atoms with E-state index in [0.717, 1.165) is 17.9 Å². The molecule has 0 bridgehead atoms. The average Bonchev–Trinajstić information content (AvgIpc) is 2.71. The van der Waals surface area contributed by atoms with Gasteiger partial charge in [-0.2, -0.15) is 0 Å². The zero-order valence-corrected chi connectivity index (χ0v) is 12.3. The number of rotatable bonds is 5. The lowest BCUT2D eigenvalue weighted by Gasteiger charge is -2.33. The van der Waals surface area contributed by atoms with E-state index >= 15 is 0 Å². The highest BCUT2D eigenvalue weighted by Crippen LogP contribution is 2.33. The number of aryl methyl sites for hydroxylation is 1. The van der Waals surface area contributed by atoms with Crippen LogP contribution >= 0.6 is 0 Å². The van der Waals surface area contributed by atoms with Gasteiger partial charge in [0.05, 0.1) is 6.04 Å². The van der Waals surface area contributed by atoms with Crippen LogP contribution in [0.2, 0.25) is 0 Å². The first-order valence-corrected chi connectivity index (χ1v) is 7.04. The minimum atomic E-state index is 0.216. The molecule has 0 saturated carbocycles. The largest absolute Gasteiger partial charge is 0.461 e. The summed E-state index contributed by atoms with van der Waals surface area (Å²) in [5.74, 6) is 0.982. The highest BCUT2D eigenvalue weighted by Gasteiger charge is 2.25. The number of likely N-dealkylation sites (N-methyl/N-ethyl adjacent to an activating group) is 1. The summed E-state index contributed by atoms with van der Waals surface area (Å²) in [5.41, 5.74) is 8.25. The Hall–Kier alpha value is -1.32. The van der Waals surface area contributed by atoms with Crippen LogP contribution in [0.1, 0.15) is 38.1 Å². The fourth-order valence-electron chi connectivity index (χ4n) is 2.97. The van der Waals surface area contributed by atoms with Crippen molar-refractivity contribution in [2.75, 3.05) is 13.1 Å². The summed E-state index contributed by atoms with van der Waals surface area (Å²) in [5, 5.41) is 1.19. The molecule has 2 N–H and O–H groups in total. The predicted molar refractivity (Wildman–Crippen MR) is 80.3 cm³/mol. The first kappa shape index (κ1) is 14.1. The molecule has 1 aromatic heterocycles. The summed E-state index contributed by atoms with van der Waals surface area (Å²) in [4.78, 5) is 2.42. The Balaban J connectivity index is 2.54. The molecule has 0 spiro atoms. The second-order valence-electron chi connectivity index (χ2n) is 5.24. The Morgan fingerprint density at radius 1 is 1.26 bits per heavy atom. The fourth-order valence-corrected chi connectivity index (χ4v) is 2.97. The second-order valence-corrected chi connectivity index (χ2v) is 5.24. The molecule has 0 radical (unpaired) electrons. The van der Waals surface area contributed by atoms with Crippen LogP contribution in [-0.4, -0.2) is 24.0 Å². The third-order valence-electron chi connectivity index (χ3n) is 3.80. The van der Waals surface area contributed by atoms with Crippen molar-refractivity contribution in [1.82, 2.24) is 4.90 Å². The average molecular weight is 260 g/mol. The lowest BCUT2D eigenvalue weighted by molar-refractivity contribution is 0.166. The smallest absolute Gasteiger partial charge is 0.134 e. The first-order valence-electron chi connectivity index (χ1n) is 7.04. The van der Waals surface area contributed by atoms with Crippen molar-refractivity contribution in [3.8, 4) is 0 Å². The zero-order valence-electron chi connectivity index (χ0n) is 12.3. The van der Waals surface area contributed by atoms with E-state index in [-0.39, 0.29) is 6.04 Å². The van der Waals surface area contributed by atoms with E-state index in [1.807, 2.05) is 19.1 Å². The van der Waals surface area contributed by atoms with E-state index in [0.29, 0.717) is 12.6 Å². The monoisotopic (exact) mass is 260 g/mol. The van der Waals surface area contributed by atoms with Crippen molar-refractivity contribution in [2.24, 2.45) is 5.73 Å². The number of nitrogens with two attached hydrogens (primary N) is 1. The SMILES string of the molecule is CCN(C(C)C)C(CN)c1c(C)oc2ccccc12. The highest BCUT2D eigenvalue weighted by atomic mass is 16.3. The molecule has 1 heterocycles. The van der Waals surface area contributed by atoms with Gasteiger partial charge in [-0.1, -0.05) is 25.1 Å². The van der Waals surface area contributed by atoms with Crippen molar-refractivity contribution in [3.05, 3.63) is 35.6 Å². The molecule has 0 aliphatic rings. The van der Waals surface area contributed by atoms with Gasteiger partial charge in [0, 0.05) is 23.5 Å². The molecule has 19 heavy (non-hydrogen) atoms. The highest BCUT2D eigenvalue weighted by molar-refractivity contribution is 5.82. The minimum Gasteiger partial charge on any atom is -0.461 e. The van der Waals surface area contributed by atoms with Gasteiger partial charge in [-0.3, -0.25) is 4.90 Å². The second kappa shape index (κ2) is 5.76. The van der Waals surface area contributed by atoms with Gasteiger partial charge in [0.1, 0.15) is 11.3 Å². The number of nitrogens with zero attached hydrogens (tertiary/aromatic N) is 1. The van der Waals surface area contributed by atoms with Crippen LogP contribution in [0.15, 0.2) is 28.7 Å². The van der Waals surface area contributed by atoms with Crippen molar-refractivity contribution >= 4 is 11.0 Å². The molecule has 0 aliphatic carbocycles. The number of fused-ring (bicyclic) bond motifs is 1. The van der Waals surface area contributed by atoms with Crippen molar-refractivity contribution in [2.45, 2.75) is 39.8 Å². The van der Waals surface area contributed by atoms with Crippen LogP contribution in [0.25, 0.3) is 11.0 Å². The number of para-hydroxylation sites is 1. The van der Waals surface area contributed by atoms with Gasteiger partial charge in [0.2, 0.25) is 0 Å². The lowest BCUT2D eigenvalue weighted by atomic mass is 10.0. The molecule has 2 rings (SSSR count). The topological polar surface area (TPSA) is 42.4 Å². The van der Waals surface area contributed by atoms with Crippen molar-refractivity contribution in [1.29, 1.82) is 0 Å². The Morgan fingerprint density at radius 2 is 1.95 bits per heavy atom. The van der Waals surface area contributed by atoms with Crippen LogP contribution in [0.5, 0.6) is 0 Å². The van der Waals surface area contributed by atoms with Crippen molar-refractivity contribution in [3.63, 3.8) is 0 Å². The molecule has 2 aromatic rings. The maximum absolute atomic E-state index is 6.05. The third-order valence-corrected chi connectivity index (χ3v) is 3.80. The van der Waals surface area contributed by atoms with E-state index in [1.54, 1.807) is 0 Å². The quantitative estimate of drug-likeness (QED) is 0.895. The number of hydrogen-bond acceptors (Lipinski definition) is 3. The standard InChI is InChI=1S/C16H24N2O/c1-5-18(11(2)3)14(10-17)16-12(4)19-15-9-7-6-8-13(15)16/h6-9,11,14H,5,10,17H2,1-4H3. The molecule has 104 valence electrons. The molecule has 1 atom stereocenters. The minimum absolute atomic E-state index is 0.216. The van der Waals surface area contributed by atoms with Gasteiger partial charge in [-0.15, -0.1) is 0 Å². The van der Waals surface area contributed by atoms with Crippen LogP contribution in [0.3, 0.4) is 0 Å². The van der Waals surface area contributed by atoms with Gasteiger partial charge in [-0.25, -0.2) is 0 Å². The Labute approximate surface area is 115 Å². The summed E-state index contributed by atoms with van der Waals surface area (Å²) in [6, 6.07) is 8.88. The molecule has 0 saturated heterocycles. The molecular formula is C16H24N2O. The summed E-state index contributed by atoms with van der Waals surface area (Å²) in [7, 11) is 0. The zero-order chi connectivity index (χ0) is 14.0. The van der Waals surface area contributed by atoms with Crippen LogP contribution in [0.4, 0.5) is 0 Å². The van der Waals surface area contributed by atoms with Gasteiger partial charge in [0.25, 0.3) is 0 Å².